The van der Waals surface area contributed by atoms with Crippen molar-refractivity contribution in [1.82, 2.24) is 19.1 Å². The van der Waals surface area contributed by atoms with E-state index in [9.17, 15) is 0 Å². The lowest BCUT2D eigenvalue weighted by atomic mass is 9.80. The molecular weight excluding hydrogens is 841 g/mol. The van der Waals surface area contributed by atoms with Crippen molar-refractivity contribution in [3.8, 4) is 16.9 Å². The zero-order valence-corrected chi connectivity index (χ0v) is 37.7. The summed E-state index contributed by atoms with van der Waals surface area (Å²) in [5.74, 6) is 0.879. The third-order valence-corrected chi connectivity index (χ3v) is 14.4. The van der Waals surface area contributed by atoms with Gasteiger partial charge in [0, 0.05) is 55.9 Å². The number of hydrogen-bond donors (Lipinski definition) is 0. The molecule has 0 N–H and O–H groups in total. The van der Waals surface area contributed by atoms with Crippen LogP contribution in [0.5, 0.6) is 0 Å². The maximum Gasteiger partial charge on any atom is 0.156 e. The average molecular weight is 885 g/mol. The molecule has 5 heteroatoms. The van der Waals surface area contributed by atoms with E-state index < -0.39 is 0 Å². The van der Waals surface area contributed by atoms with Gasteiger partial charge in [-0.1, -0.05) is 170 Å². The Morgan fingerprint density at radius 1 is 0.522 bits per heavy atom. The Hall–Kier alpha value is -8.80. The highest BCUT2D eigenvalue weighted by molar-refractivity contribution is 6.30. The number of aromatic nitrogens is 4. The van der Waals surface area contributed by atoms with Gasteiger partial charge in [-0.2, -0.15) is 0 Å². The first-order valence-corrected chi connectivity index (χ1v) is 23.9. The van der Waals surface area contributed by atoms with Gasteiger partial charge in [0.15, 0.2) is 5.82 Å². The third kappa shape index (κ3) is 6.31. The van der Waals surface area contributed by atoms with E-state index in [0.29, 0.717) is 6.42 Å². The number of rotatable bonds is 7. The molecule has 326 valence electrons. The fraction of sp³-hybridized carbons (Fsp3) is 0.0625. The Kier molecular flexibility index (Phi) is 9.09. The SMILES string of the molecule is C1=CCC(c2cc(-c3ccccc3)nc(C3=CC(c4ccccc4)=C(n4c5ccccc5c5c6oc7ccc8c9ccccc9n(-c9ccccc9)c8c7c6ccc54)C(c4ccccc4)C3)n2)C=C1. The minimum Gasteiger partial charge on any atom is -0.455 e. The van der Waals surface area contributed by atoms with Crippen LogP contribution < -0.4 is 0 Å². The summed E-state index contributed by atoms with van der Waals surface area (Å²) in [6, 6.07) is 71.9. The maximum atomic E-state index is 7.20. The van der Waals surface area contributed by atoms with Gasteiger partial charge < -0.3 is 13.6 Å². The summed E-state index contributed by atoms with van der Waals surface area (Å²) >= 11 is 0. The number of fused-ring (bicyclic) bond motifs is 11. The summed E-state index contributed by atoms with van der Waals surface area (Å²) in [5, 5.41) is 6.90. The van der Waals surface area contributed by atoms with Crippen LogP contribution in [0.2, 0.25) is 0 Å². The molecule has 2 aliphatic rings. The molecule has 0 bridgehead atoms. The van der Waals surface area contributed by atoms with Gasteiger partial charge in [0.25, 0.3) is 0 Å². The highest BCUT2D eigenvalue weighted by Crippen LogP contribution is 2.51. The van der Waals surface area contributed by atoms with Crippen molar-refractivity contribution in [2.24, 2.45) is 0 Å². The lowest BCUT2D eigenvalue weighted by molar-refractivity contribution is 0.673. The molecule has 4 heterocycles. The highest BCUT2D eigenvalue weighted by Gasteiger charge is 2.33. The fourth-order valence-corrected chi connectivity index (χ4v) is 11.3. The van der Waals surface area contributed by atoms with Crippen LogP contribution in [0.3, 0.4) is 0 Å². The second-order valence-corrected chi connectivity index (χ2v) is 18.3. The van der Waals surface area contributed by atoms with E-state index in [1.165, 1.54) is 27.5 Å². The molecule has 0 spiro atoms. The molecule has 0 saturated carbocycles. The molecule has 0 saturated heterocycles. The zero-order valence-electron chi connectivity index (χ0n) is 37.7. The standard InChI is InChI=1S/C64H44N4O/c1-6-20-41(21-7-1)51-38-45(64-65-53(43-24-10-3-11-25-43)40-54(66-64)44-26-12-4-13-27-44)39-52(42-22-8-2-9-23-42)61(51)68-56-33-19-17-31-49(56)59-57(68)36-34-50-60-58(69-63(50)59)37-35-48-47-30-16-18-32-55(47)67(62(48)60)46-28-14-5-15-29-46/h1-26,28-38,40,44,52H,27,39H2. The zero-order chi connectivity index (χ0) is 45.4. The van der Waals surface area contributed by atoms with E-state index in [1.54, 1.807) is 0 Å². The van der Waals surface area contributed by atoms with Crippen molar-refractivity contribution in [3.05, 3.63) is 253 Å². The van der Waals surface area contributed by atoms with Crippen molar-refractivity contribution in [2.75, 3.05) is 0 Å². The number of furan rings is 1. The van der Waals surface area contributed by atoms with Crippen LogP contribution in [0.4, 0.5) is 0 Å². The molecule has 0 fully saturated rings. The molecule has 0 radical (unpaired) electrons. The predicted molar refractivity (Wildman–Crippen MR) is 285 cm³/mol. The Morgan fingerprint density at radius 3 is 1.94 bits per heavy atom. The van der Waals surface area contributed by atoms with Crippen molar-refractivity contribution in [3.63, 3.8) is 0 Å². The van der Waals surface area contributed by atoms with E-state index in [4.69, 9.17) is 14.4 Å². The molecular formula is C64H44N4O. The van der Waals surface area contributed by atoms with Crippen molar-refractivity contribution in [2.45, 2.75) is 24.7 Å². The Balaban J connectivity index is 1.06. The second-order valence-electron chi connectivity index (χ2n) is 18.3. The molecule has 12 aromatic rings. The first-order valence-electron chi connectivity index (χ1n) is 23.9. The molecule has 0 aliphatic heterocycles. The van der Waals surface area contributed by atoms with Crippen molar-refractivity contribution < 1.29 is 4.42 Å². The van der Waals surface area contributed by atoms with Crippen LogP contribution in [0.25, 0.3) is 99.3 Å². The molecule has 69 heavy (non-hydrogen) atoms. The third-order valence-electron chi connectivity index (χ3n) is 14.4. The topological polar surface area (TPSA) is 48.8 Å². The van der Waals surface area contributed by atoms with Crippen LogP contribution >= 0.6 is 0 Å². The van der Waals surface area contributed by atoms with E-state index in [1.807, 2.05) is 0 Å². The van der Waals surface area contributed by atoms with Gasteiger partial charge in [-0.25, -0.2) is 9.97 Å². The Bertz CT molecular complexity index is 4110. The van der Waals surface area contributed by atoms with Crippen LogP contribution in [0, 0.1) is 0 Å². The monoisotopic (exact) mass is 884 g/mol. The summed E-state index contributed by atoms with van der Waals surface area (Å²) in [5.41, 5.74) is 16.3. The maximum absolute atomic E-state index is 7.20. The minimum absolute atomic E-state index is 0.0575. The first kappa shape index (κ1) is 39.4. The molecule has 5 nitrogen and oxygen atoms in total. The normalized spacial score (nSPS) is 16.2. The number of allylic oxidation sites excluding steroid dienone is 8. The lowest BCUT2D eigenvalue weighted by Crippen LogP contribution is -2.16. The van der Waals surface area contributed by atoms with E-state index in [-0.39, 0.29) is 11.8 Å². The van der Waals surface area contributed by atoms with E-state index in [0.717, 1.165) is 101 Å². The minimum atomic E-state index is -0.0575. The van der Waals surface area contributed by atoms with Gasteiger partial charge in [-0.15, -0.1) is 0 Å². The van der Waals surface area contributed by atoms with Gasteiger partial charge in [-0.05, 0) is 90.2 Å². The van der Waals surface area contributed by atoms with E-state index in [2.05, 4.69) is 240 Å². The quantitative estimate of drug-likeness (QED) is 0.160. The second kappa shape index (κ2) is 15.9. The summed E-state index contributed by atoms with van der Waals surface area (Å²) in [4.78, 5) is 10.9. The van der Waals surface area contributed by atoms with Gasteiger partial charge in [0.05, 0.1) is 44.2 Å². The smallest absolute Gasteiger partial charge is 0.156 e. The summed E-state index contributed by atoms with van der Waals surface area (Å²) < 4.78 is 12.1. The molecule has 4 aromatic heterocycles. The molecule has 0 amide bonds. The molecule has 2 unspecified atom stereocenters. The fourth-order valence-electron chi connectivity index (χ4n) is 11.3. The summed E-state index contributed by atoms with van der Waals surface area (Å²) in [7, 11) is 0. The van der Waals surface area contributed by atoms with E-state index >= 15 is 0 Å². The van der Waals surface area contributed by atoms with Gasteiger partial charge in [0.1, 0.15) is 11.2 Å². The summed E-state index contributed by atoms with van der Waals surface area (Å²) in [6.45, 7) is 0. The Labute approximate surface area is 398 Å². The highest BCUT2D eigenvalue weighted by atomic mass is 16.3. The molecule has 2 aliphatic carbocycles. The number of nitrogens with zero attached hydrogens (tertiary/aromatic N) is 4. The van der Waals surface area contributed by atoms with Crippen molar-refractivity contribution in [1.29, 1.82) is 0 Å². The van der Waals surface area contributed by atoms with Crippen LogP contribution in [-0.4, -0.2) is 19.1 Å². The summed E-state index contributed by atoms with van der Waals surface area (Å²) in [6.07, 6.45) is 12.8. The van der Waals surface area contributed by atoms with Crippen molar-refractivity contribution >= 4 is 82.4 Å². The van der Waals surface area contributed by atoms with Crippen LogP contribution in [0.1, 0.15) is 47.3 Å². The number of hydrogen-bond acceptors (Lipinski definition) is 3. The molecule has 2 atom stereocenters. The van der Waals surface area contributed by atoms with Gasteiger partial charge in [0.2, 0.25) is 0 Å². The van der Waals surface area contributed by atoms with Gasteiger partial charge in [-0.3, -0.25) is 0 Å². The average Bonchev–Trinajstić information content (AvgIpc) is 4.09. The Morgan fingerprint density at radius 2 is 1.19 bits per heavy atom. The van der Waals surface area contributed by atoms with Gasteiger partial charge >= 0.3 is 0 Å². The first-order chi connectivity index (χ1) is 34.2. The number of benzene rings is 8. The van der Waals surface area contributed by atoms with Crippen LogP contribution in [-0.2, 0) is 0 Å². The lowest BCUT2D eigenvalue weighted by Gasteiger charge is -2.31. The molecule has 8 aromatic carbocycles. The largest absolute Gasteiger partial charge is 0.455 e. The molecule has 14 rings (SSSR count). The number of para-hydroxylation sites is 3. The van der Waals surface area contributed by atoms with Crippen LogP contribution in [0.15, 0.2) is 235 Å². The predicted octanol–water partition coefficient (Wildman–Crippen LogP) is 16.5.